The van der Waals surface area contributed by atoms with Gasteiger partial charge in [-0.25, -0.2) is 17.5 Å². The van der Waals surface area contributed by atoms with Gasteiger partial charge in [0, 0.05) is 40.5 Å². The zero-order chi connectivity index (χ0) is 22.1. The lowest BCUT2D eigenvalue weighted by molar-refractivity contribution is -0.145. The molecule has 2 aromatic rings. The van der Waals surface area contributed by atoms with Crippen molar-refractivity contribution in [1.29, 1.82) is 0 Å². The predicted molar refractivity (Wildman–Crippen MR) is 129 cm³/mol. The van der Waals surface area contributed by atoms with Crippen molar-refractivity contribution >= 4 is 55.6 Å². The number of halogens is 1. The maximum atomic E-state index is 13.0. The number of hydrogen-bond acceptors (Lipinski definition) is 4. The number of likely N-dealkylation sites (N-methyl/N-ethyl adjacent to an activating group) is 1. The number of methoxy groups -OCH3 is 1. The number of benzene rings is 1. The standard InChI is InChI=1S/C22H27IN2O4S/c1-5-15(14-24(2)30(4,27)28)16-10-11-20-18(12-13-23)17-8-6-7-9-19(17)25(20)21(16)22(26)29-3/h5-11,16,21H,12-14H2,1-4H3/b15-5-/t16-,21-/m0/s1. The number of ether oxygens (including phenoxy) is 1. The van der Waals surface area contributed by atoms with Gasteiger partial charge in [-0.15, -0.1) is 0 Å². The van der Waals surface area contributed by atoms with Gasteiger partial charge in [-0.1, -0.05) is 52.9 Å². The monoisotopic (exact) mass is 542 g/mol. The molecule has 3 rings (SSSR count). The number of fused-ring (bicyclic) bond motifs is 3. The van der Waals surface area contributed by atoms with Crippen LogP contribution in [0.4, 0.5) is 0 Å². The third-order valence-electron chi connectivity index (χ3n) is 5.69. The van der Waals surface area contributed by atoms with E-state index in [0.29, 0.717) is 0 Å². The second-order valence-electron chi connectivity index (χ2n) is 7.43. The van der Waals surface area contributed by atoms with Crippen LogP contribution in [-0.2, 0) is 26.0 Å². The van der Waals surface area contributed by atoms with Gasteiger partial charge >= 0.3 is 5.97 Å². The van der Waals surface area contributed by atoms with E-state index >= 15 is 0 Å². The Kier molecular flexibility index (Phi) is 7.09. The summed E-state index contributed by atoms with van der Waals surface area (Å²) in [4.78, 5) is 13.0. The average Bonchev–Trinajstić information content (AvgIpc) is 3.04. The molecule has 1 aromatic carbocycles. The molecule has 0 unspecified atom stereocenters. The number of para-hydroxylation sites is 1. The molecule has 0 spiro atoms. The molecule has 0 saturated heterocycles. The van der Waals surface area contributed by atoms with Gasteiger partial charge in [0.2, 0.25) is 10.0 Å². The minimum absolute atomic E-state index is 0.215. The quantitative estimate of drug-likeness (QED) is 0.231. The Morgan fingerprint density at radius 1 is 1.33 bits per heavy atom. The van der Waals surface area contributed by atoms with Crippen LogP contribution in [0.25, 0.3) is 17.0 Å². The van der Waals surface area contributed by atoms with Crippen LogP contribution in [-0.4, -0.2) is 54.6 Å². The Hall–Kier alpha value is -1.65. The summed E-state index contributed by atoms with van der Waals surface area (Å²) < 4.78 is 33.5. The first-order chi connectivity index (χ1) is 14.2. The molecule has 0 radical (unpaired) electrons. The third-order valence-corrected chi connectivity index (χ3v) is 7.50. The fourth-order valence-corrected chi connectivity index (χ4v) is 5.04. The van der Waals surface area contributed by atoms with Crippen LogP contribution in [0.1, 0.15) is 24.2 Å². The fraction of sp³-hybridized carbons (Fsp3) is 0.409. The summed E-state index contributed by atoms with van der Waals surface area (Å²) >= 11 is 2.37. The van der Waals surface area contributed by atoms with Gasteiger partial charge in [0.25, 0.3) is 0 Å². The number of hydrogen-bond donors (Lipinski definition) is 0. The predicted octanol–water partition coefficient (Wildman–Crippen LogP) is 3.81. The lowest BCUT2D eigenvalue weighted by Gasteiger charge is -2.32. The Morgan fingerprint density at radius 2 is 2.03 bits per heavy atom. The van der Waals surface area contributed by atoms with Crippen molar-refractivity contribution in [3.05, 3.63) is 53.2 Å². The Balaban J connectivity index is 2.17. The van der Waals surface area contributed by atoms with Crippen molar-refractivity contribution in [3.63, 3.8) is 0 Å². The van der Waals surface area contributed by atoms with Crippen molar-refractivity contribution in [2.45, 2.75) is 19.4 Å². The van der Waals surface area contributed by atoms with Crippen molar-refractivity contribution in [2.75, 3.05) is 31.4 Å². The molecule has 30 heavy (non-hydrogen) atoms. The maximum Gasteiger partial charge on any atom is 0.329 e. The van der Waals surface area contributed by atoms with E-state index in [9.17, 15) is 13.2 Å². The molecule has 0 aliphatic carbocycles. The third kappa shape index (κ3) is 4.22. The van der Waals surface area contributed by atoms with E-state index in [4.69, 9.17) is 4.74 Å². The molecule has 0 bridgehead atoms. The van der Waals surface area contributed by atoms with Crippen LogP contribution in [0.3, 0.4) is 0 Å². The molecule has 1 aliphatic heterocycles. The van der Waals surface area contributed by atoms with Gasteiger partial charge in [0.05, 0.1) is 13.4 Å². The summed E-state index contributed by atoms with van der Waals surface area (Å²) in [5.41, 5.74) is 4.09. The van der Waals surface area contributed by atoms with E-state index in [-0.39, 0.29) is 18.4 Å². The summed E-state index contributed by atoms with van der Waals surface area (Å²) in [5.74, 6) is -0.642. The summed E-state index contributed by atoms with van der Waals surface area (Å²) in [6, 6.07) is 7.51. The number of carbonyl (C=O) groups is 1. The average molecular weight is 542 g/mol. The summed E-state index contributed by atoms with van der Waals surface area (Å²) in [5, 5.41) is 1.14. The minimum Gasteiger partial charge on any atom is -0.467 e. The molecule has 0 fully saturated rings. The van der Waals surface area contributed by atoms with Gasteiger partial charge in [-0.2, -0.15) is 0 Å². The van der Waals surface area contributed by atoms with Crippen molar-refractivity contribution in [2.24, 2.45) is 5.92 Å². The van der Waals surface area contributed by atoms with Crippen LogP contribution in [0, 0.1) is 5.92 Å². The highest BCUT2D eigenvalue weighted by Crippen LogP contribution is 2.41. The number of carbonyl (C=O) groups excluding carboxylic acids is 1. The largest absolute Gasteiger partial charge is 0.467 e. The molecule has 6 nitrogen and oxygen atoms in total. The van der Waals surface area contributed by atoms with Crippen LogP contribution in [0.2, 0.25) is 0 Å². The maximum absolute atomic E-state index is 13.0. The number of alkyl halides is 1. The normalized spacial score (nSPS) is 19.3. The number of aryl methyl sites for hydroxylation is 1. The first-order valence-corrected chi connectivity index (χ1v) is 13.1. The molecule has 0 saturated carbocycles. The highest BCUT2D eigenvalue weighted by molar-refractivity contribution is 14.1. The van der Waals surface area contributed by atoms with Gasteiger partial charge < -0.3 is 9.30 Å². The van der Waals surface area contributed by atoms with Crippen LogP contribution in [0.15, 0.2) is 42.0 Å². The van der Waals surface area contributed by atoms with Crippen molar-refractivity contribution in [3.8, 4) is 0 Å². The Morgan fingerprint density at radius 3 is 2.63 bits per heavy atom. The second kappa shape index (κ2) is 9.23. The zero-order valence-electron chi connectivity index (χ0n) is 17.6. The molecule has 162 valence electrons. The number of nitrogens with zero attached hydrogens (tertiary/aromatic N) is 2. The minimum atomic E-state index is -3.34. The van der Waals surface area contributed by atoms with Gasteiger partial charge in [0.15, 0.2) is 0 Å². The molecule has 1 aromatic heterocycles. The summed E-state index contributed by atoms with van der Waals surface area (Å²) in [6.45, 7) is 2.09. The smallest absolute Gasteiger partial charge is 0.329 e. The number of rotatable bonds is 7. The molecular formula is C22H27IN2O4S. The lowest BCUT2D eigenvalue weighted by atomic mass is 9.87. The summed E-state index contributed by atoms with van der Waals surface area (Å²) in [6.07, 6.45) is 8.06. The molecule has 0 N–H and O–H groups in total. The SMILES string of the molecule is C/C=C(/CN(C)S(C)(=O)=O)[C@@H]1C=Cc2c(CCI)c3ccccc3n2[C@@H]1C(=O)OC. The first kappa shape index (κ1) is 23.0. The summed E-state index contributed by atoms with van der Waals surface area (Å²) in [7, 11) is -0.399. The molecule has 0 amide bonds. The van der Waals surface area contributed by atoms with E-state index in [1.165, 1.54) is 23.2 Å². The first-order valence-electron chi connectivity index (χ1n) is 9.74. The molecule has 2 heterocycles. The van der Waals surface area contributed by atoms with E-state index in [1.54, 1.807) is 7.05 Å². The Bertz CT molecular complexity index is 1120. The van der Waals surface area contributed by atoms with Gasteiger partial charge in [0.1, 0.15) is 6.04 Å². The highest BCUT2D eigenvalue weighted by Gasteiger charge is 2.37. The molecule has 2 atom stereocenters. The van der Waals surface area contributed by atoms with Gasteiger partial charge in [-0.3, -0.25) is 0 Å². The van der Waals surface area contributed by atoms with Crippen LogP contribution >= 0.6 is 22.6 Å². The van der Waals surface area contributed by atoms with Crippen molar-refractivity contribution in [1.82, 2.24) is 8.87 Å². The van der Waals surface area contributed by atoms with E-state index in [2.05, 4.69) is 39.3 Å². The fourth-order valence-electron chi connectivity index (χ4n) is 4.11. The number of esters is 1. The number of sulfonamides is 1. The zero-order valence-corrected chi connectivity index (χ0v) is 20.6. The lowest BCUT2D eigenvalue weighted by Crippen LogP contribution is -2.35. The van der Waals surface area contributed by atoms with Gasteiger partial charge in [-0.05, 0) is 36.6 Å². The second-order valence-corrected chi connectivity index (χ2v) is 10.6. The Labute approximate surface area is 191 Å². The topological polar surface area (TPSA) is 68.6 Å². The molecule has 1 aliphatic rings. The van der Waals surface area contributed by atoms with E-state index in [0.717, 1.165) is 33.0 Å². The number of aromatic nitrogens is 1. The van der Waals surface area contributed by atoms with Crippen LogP contribution < -0.4 is 0 Å². The van der Waals surface area contributed by atoms with E-state index < -0.39 is 16.1 Å². The molecule has 8 heteroatoms. The highest BCUT2D eigenvalue weighted by atomic mass is 127. The van der Waals surface area contributed by atoms with E-state index in [1.807, 2.05) is 37.3 Å². The molecular weight excluding hydrogens is 515 g/mol. The number of allylic oxidation sites excluding steroid dienone is 2. The van der Waals surface area contributed by atoms with Crippen molar-refractivity contribution < 1.29 is 17.9 Å². The van der Waals surface area contributed by atoms with Crippen LogP contribution in [0.5, 0.6) is 0 Å².